The molecule has 0 radical (unpaired) electrons. The Kier molecular flexibility index (Phi) is 12.3. The molecule has 12 nitrogen and oxygen atoms in total. The number of phenolic OH excluding ortho intramolecular Hbond substituents is 1. The molecule has 8 N–H and O–H groups in total. The summed E-state index contributed by atoms with van der Waals surface area (Å²) in [6.45, 7) is 3.18. The predicted molar refractivity (Wildman–Crippen MR) is 167 cm³/mol. The van der Waals surface area contributed by atoms with Crippen molar-refractivity contribution < 1.29 is 29.1 Å². The molecule has 1 heterocycles. The van der Waals surface area contributed by atoms with E-state index < -0.39 is 60.2 Å². The lowest BCUT2D eigenvalue weighted by molar-refractivity contribution is -0.140. The number of nitrogens with one attached hydrogen (secondary N) is 3. The minimum absolute atomic E-state index is 0.0909. The molecule has 0 spiro atoms. The molecule has 43 heavy (non-hydrogen) atoms. The largest absolute Gasteiger partial charge is 0.508 e. The van der Waals surface area contributed by atoms with Gasteiger partial charge in [-0.3, -0.25) is 24.0 Å². The van der Waals surface area contributed by atoms with Crippen molar-refractivity contribution in [1.82, 2.24) is 20.9 Å². The lowest BCUT2D eigenvalue weighted by Crippen LogP contribution is -2.57. The number of amides is 5. The van der Waals surface area contributed by atoms with Crippen molar-refractivity contribution in [2.24, 2.45) is 11.5 Å². The van der Waals surface area contributed by atoms with Crippen LogP contribution in [0, 0.1) is 13.8 Å². The van der Waals surface area contributed by atoms with Gasteiger partial charge in [0.2, 0.25) is 29.5 Å². The van der Waals surface area contributed by atoms with E-state index in [-0.39, 0.29) is 30.1 Å². The molecule has 5 amide bonds. The number of carbonyl (C=O) groups excluding carboxylic acids is 5. The third-order valence-corrected chi connectivity index (χ3v) is 9.51. The molecule has 0 aromatic heterocycles. The maximum Gasteiger partial charge on any atom is 0.245 e. The number of phenols is 1. The van der Waals surface area contributed by atoms with Gasteiger partial charge in [0.05, 0.1) is 12.6 Å². The Morgan fingerprint density at radius 2 is 1.72 bits per heavy atom. The highest BCUT2D eigenvalue weighted by Crippen LogP contribution is 2.25. The fourth-order valence-corrected chi connectivity index (χ4v) is 7.12. The molecule has 0 bridgehead atoms. The summed E-state index contributed by atoms with van der Waals surface area (Å²) in [4.78, 5) is 66.0. The highest BCUT2D eigenvalue weighted by atomic mass is 33.1. The van der Waals surface area contributed by atoms with Crippen molar-refractivity contribution in [2.75, 3.05) is 25.1 Å². The van der Waals surface area contributed by atoms with Crippen LogP contribution in [0.3, 0.4) is 0 Å². The van der Waals surface area contributed by atoms with Gasteiger partial charge >= 0.3 is 0 Å². The van der Waals surface area contributed by atoms with Crippen molar-refractivity contribution in [3.63, 3.8) is 0 Å². The fourth-order valence-electron chi connectivity index (χ4n) is 4.67. The maximum absolute atomic E-state index is 13.4. The van der Waals surface area contributed by atoms with Crippen molar-refractivity contribution >= 4 is 51.1 Å². The van der Waals surface area contributed by atoms with E-state index in [1.165, 1.54) is 33.5 Å². The fraction of sp³-hybridized carbons (Fsp3) is 0.414. The summed E-state index contributed by atoms with van der Waals surface area (Å²) in [7, 11) is 3.90. The summed E-state index contributed by atoms with van der Waals surface area (Å²) in [5.41, 5.74) is 15.0. The normalized spacial score (nSPS) is 21.3. The first kappa shape index (κ1) is 33.7. The molecular formula is C29H38N6O6S2. The maximum atomic E-state index is 13.4. The molecular weight excluding hydrogens is 592 g/mol. The SMILES string of the molecule is Cc1cc(O)cc(C)c1C[C@H](N)C(=O)N[C@@H]1CSSC[C@H](C(N)=O)N(C)C(=O)[C@H](Cc2ccccc2)NC(=O)CNC1=O. The van der Waals surface area contributed by atoms with Gasteiger partial charge in [-0.2, -0.15) is 0 Å². The van der Waals surface area contributed by atoms with Crippen LogP contribution in [0.2, 0.25) is 0 Å². The summed E-state index contributed by atoms with van der Waals surface area (Å²) in [5, 5.41) is 17.7. The van der Waals surface area contributed by atoms with Crippen LogP contribution in [0.15, 0.2) is 42.5 Å². The van der Waals surface area contributed by atoms with Crippen molar-refractivity contribution in [3.05, 3.63) is 64.7 Å². The first-order valence-corrected chi connectivity index (χ1v) is 16.1. The van der Waals surface area contributed by atoms with Gasteiger partial charge in [-0.25, -0.2) is 0 Å². The molecule has 2 aromatic carbocycles. The van der Waals surface area contributed by atoms with Crippen molar-refractivity contribution in [2.45, 2.75) is 50.9 Å². The number of benzene rings is 2. The van der Waals surface area contributed by atoms with E-state index in [0.717, 1.165) is 22.3 Å². The minimum atomic E-state index is -1.04. The van der Waals surface area contributed by atoms with Gasteiger partial charge < -0.3 is 37.4 Å². The second kappa shape index (κ2) is 15.6. The van der Waals surface area contributed by atoms with Gasteiger partial charge in [0.25, 0.3) is 0 Å². The van der Waals surface area contributed by atoms with Crippen LogP contribution in [-0.2, 0) is 36.8 Å². The third kappa shape index (κ3) is 9.63. The highest BCUT2D eigenvalue weighted by molar-refractivity contribution is 8.76. The van der Waals surface area contributed by atoms with E-state index in [1.54, 1.807) is 12.1 Å². The molecule has 3 rings (SSSR count). The van der Waals surface area contributed by atoms with Crippen LogP contribution in [0.5, 0.6) is 5.75 Å². The number of carbonyl (C=O) groups is 5. The second-order valence-corrected chi connectivity index (χ2v) is 12.9. The first-order valence-electron chi connectivity index (χ1n) is 13.6. The van der Waals surface area contributed by atoms with E-state index in [1.807, 2.05) is 44.2 Å². The summed E-state index contributed by atoms with van der Waals surface area (Å²) in [6, 6.07) is 8.23. The van der Waals surface area contributed by atoms with Gasteiger partial charge in [0.15, 0.2) is 0 Å². The van der Waals surface area contributed by atoms with Crippen LogP contribution in [0.25, 0.3) is 0 Å². The van der Waals surface area contributed by atoms with Crippen molar-refractivity contribution in [3.8, 4) is 5.75 Å². The molecule has 14 heteroatoms. The number of aryl methyl sites for hydroxylation is 2. The Balaban J connectivity index is 1.76. The molecule has 1 aliphatic heterocycles. The monoisotopic (exact) mass is 630 g/mol. The van der Waals surface area contributed by atoms with Crippen LogP contribution < -0.4 is 27.4 Å². The zero-order chi connectivity index (χ0) is 31.7. The average Bonchev–Trinajstić information content (AvgIpc) is 2.95. The number of hydrogen-bond donors (Lipinski definition) is 6. The standard InChI is InChI=1S/C29H38N6O6S2/c1-16-9-19(36)10-17(2)20(16)12-21(30)27(39)34-23-14-42-43-15-24(26(31)38)35(3)29(41)22(11-18-7-5-4-6-8-18)33-25(37)13-32-28(23)40/h4-10,21-24,36H,11-15,30H2,1-3H3,(H2,31,38)(H,32,40)(H,33,37)(H,34,39)/t21-,22-,23+,24+/m0/s1. The number of primary amides is 1. The number of nitrogens with two attached hydrogens (primary N) is 2. The third-order valence-electron chi connectivity index (χ3n) is 7.10. The molecule has 2 aromatic rings. The van der Waals surface area contributed by atoms with E-state index in [0.29, 0.717) is 0 Å². The Morgan fingerprint density at radius 3 is 2.35 bits per heavy atom. The lowest BCUT2D eigenvalue weighted by atomic mass is 9.96. The summed E-state index contributed by atoms with van der Waals surface area (Å²) in [5.74, 6) is -2.66. The van der Waals surface area contributed by atoms with Gasteiger partial charge in [0, 0.05) is 25.0 Å². The predicted octanol–water partition coefficient (Wildman–Crippen LogP) is -0.0854. The quantitative estimate of drug-likeness (QED) is 0.227. The lowest BCUT2D eigenvalue weighted by Gasteiger charge is -2.30. The molecule has 0 saturated carbocycles. The Morgan fingerprint density at radius 1 is 1.09 bits per heavy atom. The Labute approximate surface area is 258 Å². The van der Waals surface area contributed by atoms with E-state index >= 15 is 0 Å². The summed E-state index contributed by atoms with van der Waals surface area (Å²) in [6.07, 6.45) is 0.347. The van der Waals surface area contributed by atoms with Gasteiger partial charge in [-0.15, -0.1) is 0 Å². The smallest absolute Gasteiger partial charge is 0.245 e. The summed E-state index contributed by atoms with van der Waals surface area (Å²) >= 11 is 0. The Bertz CT molecular complexity index is 1320. The average molecular weight is 631 g/mol. The van der Waals surface area contributed by atoms with E-state index in [4.69, 9.17) is 11.5 Å². The van der Waals surface area contributed by atoms with Crippen molar-refractivity contribution in [1.29, 1.82) is 0 Å². The van der Waals surface area contributed by atoms with E-state index in [2.05, 4.69) is 16.0 Å². The van der Waals surface area contributed by atoms with Crippen LogP contribution in [0.4, 0.5) is 0 Å². The summed E-state index contributed by atoms with van der Waals surface area (Å²) < 4.78 is 0. The number of hydrogen-bond acceptors (Lipinski definition) is 9. The zero-order valence-corrected chi connectivity index (χ0v) is 25.9. The van der Waals surface area contributed by atoms with Gasteiger partial charge in [-0.05, 0) is 54.7 Å². The Hall–Kier alpha value is -3.75. The molecule has 1 aliphatic rings. The first-order chi connectivity index (χ1) is 20.4. The number of likely N-dealkylation sites (N-methyl/N-ethyl adjacent to an activating group) is 1. The van der Waals surface area contributed by atoms with E-state index in [9.17, 15) is 29.1 Å². The van der Waals surface area contributed by atoms with Gasteiger partial charge in [0.1, 0.15) is 23.9 Å². The number of aromatic hydroxyl groups is 1. The minimum Gasteiger partial charge on any atom is -0.508 e. The van der Waals surface area contributed by atoms with Crippen LogP contribution in [-0.4, -0.2) is 88.8 Å². The molecule has 1 fully saturated rings. The van der Waals surface area contributed by atoms with Crippen LogP contribution in [0.1, 0.15) is 22.3 Å². The molecule has 0 unspecified atom stereocenters. The van der Waals surface area contributed by atoms with Crippen LogP contribution >= 0.6 is 21.6 Å². The number of rotatable bonds is 7. The second-order valence-electron chi connectivity index (χ2n) is 10.4. The topological polar surface area (TPSA) is 197 Å². The molecule has 232 valence electrons. The number of nitrogens with zero attached hydrogens (tertiary/aromatic N) is 1. The zero-order valence-electron chi connectivity index (χ0n) is 24.3. The highest BCUT2D eigenvalue weighted by Gasteiger charge is 2.33. The molecule has 1 saturated heterocycles. The molecule has 4 atom stereocenters. The molecule has 0 aliphatic carbocycles. The van der Waals surface area contributed by atoms with Gasteiger partial charge in [-0.1, -0.05) is 51.9 Å².